The van der Waals surface area contributed by atoms with E-state index < -0.39 is 0 Å². The van der Waals surface area contributed by atoms with Gasteiger partial charge in [-0.2, -0.15) is 0 Å². The summed E-state index contributed by atoms with van der Waals surface area (Å²) in [5.74, 6) is 0. The van der Waals surface area contributed by atoms with Crippen LogP contribution in [-0.2, 0) is 0 Å². The van der Waals surface area contributed by atoms with Gasteiger partial charge in [-0.1, -0.05) is 146 Å². The molecule has 0 aromatic heterocycles. The van der Waals surface area contributed by atoms with Gasteiger partial charge < -0.3 is 14.6 Å². The van der Waals surface area contributed by atoms with Gasteiger partial charge in [-0.15, -0.1) is 0 Å². The molecule has 9 aromatic rings. The van der Waals surface area contributed by atoms with Crippen molar-refractivity contribution < 1.29 is 0 Å². The first-order valence-corrected chi connectivity index (χ1v) is 20.8. The first-order chi connectivity index (χ1) is 29.6. The first-order valence-electron chi connectivity index (χ1n) is 20.8. The Bertz CT molecular complexity index is 2960. The van der Waals surface area contributed by atoms with Crippen LogP contribution in [0, 0.1) is 13.8 Å². The second kappa shape index (κ2) is 14.7. The molecule has 0 spiro atoms. The fourth-order valence-corrected chi connectivity index (χ4v) is 9.44. The van der Waals surface area contributed by atoms with Crippen molar-refractivity contribution in [2.75, 3.05) is 14.6 Å². The molecule has 3 nitrogen and oxygen atoms in total. The minimum atomic E-state index is -0.0871. The summed E-state index contributed by atoms with van der Waals surface area (Å²) >= 11 is 0. The second-order valence-corrected chi connectivity index (χ2v) is 15.9. The monoisotopic (exact) mass is 767 g/mol. The van der Waals surface area contributed by atoms with Crippen molar-refractivity contribution in [2.24, 2.45) is 0 Å². The van der Waals surface area contributed by atoms with Crippen LogP contribution in [0.5, 0.6) is 0 Å². The smallest absolute Gasteiger partial charge is 0.333 e. The standard InChI is InChI=1S/C56H42BN3/c1-39-35-50-49-38-48(58(45-22-11-5-12-23-45)46-24-13-6-14-25-46)32-34-53(49)60(47-30-27-43(28-31-47)41-18-7-3-8-19-41)57-51-33-29-44(42-20-9-4-10-21-42)37-54(51)59(55(36-39)56(50)57)52-26-16-15-17-40(52)2/h3-38H,1-2H3. The first kappa shape index (κ1) is 35.6. The molecule has 0 fully saturated rings. The Kier molecular flexibility index (Phi) is 8.71. The number of hydrogen-bond acceptors (Lipinski definition) is 3. The molecule has 2 heterocycles. The van der Waals surface area contributed by atoms with Gasteiger partial charge in [0.15, 0.2) is 0 Å². The third-order valence-corrected chi connectivity index (χ3v) is 12.2. The van der Waals surface area contributed by atoms with Gasteiger partial charge in [0.25, 0.3) is 0 Å². The van der Waals surface area contributed by atoms with Crippen LogP contribution in [0.1, 0.15) is 11.1 Å². The van der Waals surface area contributed by atoms with E-state index in [1.54, 1.807) is 0 Å². The van der Waals surface area contributed by atoms with E-state index in [1.165, 1.54) is 78.2 Å². The molecule has 0 N–H and O–H groups in total. The van der Waals surface area contributed by atoms with Gasteiger partial charge in [-0.3, -0.25) is 0 Å². The van der Waals surface area contributed by atoms with Crippen LogP contribution >= 0.6 is 0 Å². The fraction of sp³-hybridized carbons (Fsp3) is 0.0357. The van der Waals surface area contributed by atoms with Gasteiger partial charge in [0.2, 0.25) is 0 Å². The normalized spacial score (nSPS) is 12.4. The van der Waals surface area contributed by atoms with Crippen LogP contribution in [0.4, 0.5) is 45.5 Å². The summed E-state index contributed by atoms with van der Waals surface area (Å²) in [6.45, 7) is 4.39. The molecule has 0 bridgehead atoms. The molecule has 11 rings (SSSR count). The van der Waals surface area contributed by atoms with Crippen molar-refractivity contribution in [2.45, 2.75) is 13.8 Å². The summed E-state index contributed by atoms with van der Waals surface area (Å²) in [7, 11) is 0. The predicted octanol–water partition coefficient (Wildman–Crippen LogP) is 13.8. The van der Waals surface area contributed by atoms with Crippen LogP contribution in [0.2, 0.25) is 0 Å². The van der Waals surface area contributed by atoms with E-state index >= 15 is 0 Å². The molecule has 60 heavy (non-hydrogen) atoms. The Labute approximate surface area is 353 Å². The molecule has 0 aliphatic carbocycles. The highest BCUT2D eigenvalue weighted by atomic mass is 15.2. The maximum Gasteiger partial charge on any atom is 0.333 e. The van der Waals surface area contributed by atoms with Gasteiger partial charge in [-0.25, -0.2) is 0 Å². The van der Waals surface area contributed by atoms with Crippen molar-refractivity contribution in [1.29, 1.82) is 0 Å². The van der Waals surface area contributed by atoms with E-state index in [1.807, 2.05) is 0 Å². The molecule has 284 valence electrons. The molecule has 0 unspecified atom stereocenters. The molecule has 0 saturated heterocycles. The van der Waals surface area contributed by atoms with E-state index in [0.29, 0.717) is 0 Å². The molecule has 2 aliphatic heterocycles. The lowest BCUT2D eigenvalue weighted by atomic mass is 9.43. The largest absolute Gasteiger partial charge is 0.376 e. The predicted molar refractivity (Wildman–Crippen MR) is 255 cm³/mol. The average Bonchev–Trinajstić information content (AvgIpc) is 3.31. The zero-order valence-corrected chi connectivity index (χ0v) is 33.7. The maximum absolute atomic E-state index is 2.60. The highest BCUT2D eigenvalue weighted by Gasteiger charge is 2.45. The SMILES string of the molecule is Cc1cc2c3c(c1)N(c1ccccc1C)c1cc(-c4ccccc4)ccc1B3N(c1ccc(-c3ccccc3)cc1)c1ccc(N(c3ccccc3)c3ccccc3)cc1-2. The van der Waals surface area contributed by atoms with Crippen LogP contribution < -0.4 is 25.5 Å². The number of benzene rings is 9. The number of anilines is 8. The molecular formula is C56H42BN3. The highest BCUT2D eigenvalue weighted by Crippen LogP contribution is 2.49. The maximum atomic E-state index is 2.60. The van der Waals surface area contributed by atoms with E-state index in [0.717, 1.165) is 22.7 Å². The molecule has 4 heteroatoms. The Morgan fingerprint density at radius 2 is 0.950 bits per heavy atom. The van der Waals surface area contributed by atoms with Crippen LogP contribution in [0.15, 0.2) is 218 Å². The summed E-state index contributed by atoms with van der Waals surface area (Å²) < 4.78 is 0. The fourth-order valence-electron chi connectivity index (χ4n) is 9.44. The Balaban J connectivity index is 1.19. The second-order valence-electron chi connectivity index (χ2n) is 15.9. The summed E-state index contributed by atoms with van der Waals surface area (Å²) in [5.41, 5.74) is 21.6. The van der Waals surface area contributed by atoms with Gasteiger partial charge in [0, 0.05) is 51.1 Å². The Morgan fingerprint density at radius 1 is 0.383 bits per heavy atom. The minimum absolute atomic E-state index is 0.0871. The molecular weight excluding hydrogens is 725 g/mol. The van der Waals surface area contributed by atoms with Crippen molar-refractivity contribution in [1.82, 2.24) is 0 Å². The summed E-state index contributed by atoms with van der Waals surface area (Å²) in [6, 6.07) is 79.8. The number of rotatable bonds is 7. The van der Waals surface area contributed by atoms with E-state index in [2.05, 4.69) is 247 Å². The molecule has 0 atom stereocenters. The minimum Gasteiger partial charge on any atom is -0.376 e. The summed E-state index contributed by atoms with van der Waals surface area (Å²) in [4.78, 5) is 7.50. The van der Waals surface area contributed by atoms with Gasteiger partial charge >= 0.3 is 6.85 Å². The lowest BCUT2D eigenvalue weighted by molar-refractivity contribution is 1.23. The highest BCUT2D eigenvalue weighted by molar-refractivity contribution is 6.93. The molecule has 0 amide bonds. The number of hydrogen-bond donors (Lipinski definition) is 0. The molecule has 2 aliphatic rings. The number of aryl methyl sites for hydroxylation is 2. The van der Waals surface area contributed by atoms with Crippen LogP contribution in [0.25, 0.3) is 33.4 Å². The Hall–Kier alpha value is -7.56. The van der Waals surface area contributed by atoms with Crippen LogP contribution in [-0.4, -0.2) is 6.85 Å². The number of para-hydroxylation sites is 3. The molecule has 9 aromatic carbocycles. The van der Waals surface area contributed by atoms with Gasteiger partial charge in [0.05, 0.1) is 0 Å². The lowest BCUT2D eigenvalue weighted by Gasteiger charge is -2.46. The quantitative estimate of drug-likeness (QED) is 0.150. The summed E-state index contributed by atoms with van der Waals surface area (Å²) in [6.07, 6.45) is 0. The number of fused-ring (bicyclic) bond motifs is 4. The third kappa shape index (κ3) is 5.99. The molecule has 0 radical (unpaired) electrons. The third-order valence-electron chi connectivity index (χ3n) is 12.2. The topological polar surface area (TPSA) is 9.72 Å². The van der Waals surface area contributed by atoms with E-state index in [4.69, 9.17) is 0 Å². The number of nitrogens with zero attached hydrogens (tertiary/aromatic N) is 3. The lowest BCUT2D eigenvalue weighted by Crippen LogP contribution is -2.61. The zero-order valence-electron chi connectivity index (χ0n) is 33.7. The molecule has 0 saturated carbocycles. The van der Waals surface area contributed by atoms with Crippen molar-refractivity contribution in [3.05, 3.63) is 230 Å². The van der Waals surface area contributed by atoms with Crippen molar-refractivity contribution in [3.63, 3.8) is 0 Å². The van der Waals surface area contributed by atoms with Gasteiger partial charge in [0.1, 0.15) is 0 Å². The Morgan fingerprint density at radius 3 is 1.60 bits per heavy atom. The van der Waals surface area contributed by atoms with Crippen molar-refractivity contribution in [3.8, 4) is 33.4 Å². The van der Waals surface area contributed by atoms with Crippen LogP contribution in [0.3, 0.4) is 0 Å². The van der Waals surface area contributed by atoms with Crippen molar-refractivity contribution >= 4 is 63.3 Å². The van der Waals surface area contributed by atoms with E-state index in [-0.39, 0.29) is 6.85 Å². The van der Waals surface area contributed by atoms with Gasteiger partial charge in [-0.05, 0) is 137 Å². The zero-order chi connectivity index (χ0) is 40.2. The summed E-state index contributed by atoms with van der Waals surface area (Å²) in [5, 5.41) is 0. The van der Waals surface area contributed by atoms with E-state index in [9.17, 15) is 0 Å². The average molecular weight is 768 g/mol.